The van der Waals surface area contributed by atoms with Crippen LogP contribution in [0.2, 0.25) is 5.02 Å². The predicted molar refractivity (Wildman–Crippen MR) is 105 cm³/mol. The molecule has 1 aliphatic heterocycles. The van der Waals surface area contributed by atoms with Gasteiger partial charge in [0, 0.05) is 43.4 Å². The Morgan fingerprint density at radius 1 is 1.11 bits per heavy atom. The number of carbonyl (C=O) groups excluding carboxylic acids is 2. The van der Waals surface area contributed by atoms with Crippen LogP contribution in [0.5, 0.6) is 0 Å². The van der Waals surface area contributed by atoms with E-state index in [4.69, 9.17) is 11.6 Å². The normalized spacial score (nSPS) is 14.6. The monoisotopic (exact) mass is 405 g/mol. The van der Waals surface area contributed by atoms with Gasteiger partial charge in [-0.25, -0.2) is 14.0 Å². The molecule has 0 saturated carbocycles. The van der Waals surface area contributed by atoms with Gasteiger partial charge >= 0.3 is 12.0 Å². The third-order valence-electron chi connectivity index (χ3n) is 4.63. The van der Waals surface area contributed by atoms with Gasteiger partial charge in [0.15, 0.2) is 0 Å². The van der Waals surface area contributed by atoms with E-state index in [1.807, 2.05) is 0 Å². The maximum Gasteiger partial charge on any atom is 0.337 e. The van der Waals surface area contributed by atoms with E-state index in [1.54, 1.807) is 35.2 Å². The van der Waals surface area contributed by atoms with Crippen molar-refractivity contribution in [1.29, 1.82) is 0 Å². The summed E-state index contributed by atoms with van der Waals surface area (Å²) in [6, 6.07) is 10.7. The zero-order chi connectivity index (χ0) is 20.1. The number of ether oxygens (including phenoxy) is 1. The van der Waals surface area contributed by atoms with Crippen molar-refractivity contribution in [3.05, 3.63) is 64.4 Å². The van der Waals surface area contributed by atoms with Gasteiger partial charge in [-0.2, -0.15) is 0 Å². The van der Waals surface area contributed by atoms with Crippen LogP contribution in [-0.4, -0.2) is 55.1 Å². The second-order valence-corrected chi connectivity index (χ2v) is 6.91. The highest BCUT2D eigenvalue weighted by atomic mass is 35.5. The van der Waals surface area contributed by atoms with Crippen LogP contribution in [0.1, 0.15) is 15.9 Å². The molecule has 0 bridgehead atoms. The van der Waals surface area contributed by atoms with E-state index < -0.39 is 5.97 Å². The largest absolute Gasteiger partial charge is 0.465 e. The first-order valence-electron chi connectivity index (χ1n) is 8.87. The van der Waals surface area contributed by atoms with Gasteiger partial charge in [0.2, 0.25) is 0 Å². The maximum absolute atomic E-state index is 13.2. The van der Waals surface area contributed by atoms with Crippen LogP contribution in [0.25, 0.3) is 0 Å². The summed E-state index contributed by atoms with van der Waals surface area (Å²) >= 11 is 6.09. The number of esters is 1. The number of methoxy groups -OCH3 is 1. The number of anilines is 1. The number of nitrogens with one attached hydrogen (secondary N) is 1. The van der Waals surface area contributed by atoms with Gasteiger partial charge in [-0.3, -0.25) is 4.90 Å². The second-order valence-electron chi connectivity index (χ2n) is 6.50. The van der Waals surface area contributed by atoms with Crippen LogP contribution in [0.15, 0.2) is 42.5 Å². The fraction of sp³-hybridized carbons (Fsp3) is 0.300. The zero-order valence-corrected chi connectivity index (χ0v) is 16.2. The standard InChI is InChI=1S/C20H21ClFN3O3/c1-28-19(26)14-3-6-17(7-4-14)23-20(27)25-10-8-24(9-11-25)13-15-2-5-16(22)12-18(15)21/h2-7,12H,8-11,13H2,1H3,(H,23,27). The number of hydrogen-bond acceptors (Lipinski definition) is 4. The number of amides is 2. The Balaban J connectivity index is 1.50. The van der Waals surface area contributed by atoms with Gasteiger partial charge in [-0.1, -0.05) is 17.7 Å². The SMILES string of the molecule is COC(=O)c1ccc(NC(=O)N2CCN(Cc3ccc(F)cc3Cl)CC2)cc1. The molecule has 8 heteroatoms. The van der Waals surface area contributed by atoms with Crippen molar-refractivity contribution >= 4 is 29.3 Å². The molecule has 0 atom stereocenters. The molecule has 1 aliphatic rings. The molecule has 0 unspecified atom stereocenters. The van der Waals surface area contributed by atoms with E-state index in [2.05, 4.69) is 15.0 Å². The number of urea groups is 1. The highest BCUT2D eigenvalue weighted by Crippen LogP contribution is 2.20. The minimum absolute atomic E-state index is 0.190. The van der Waals surface area contributed by atoms with Gasteiger partial charge in [0.05, 0.1) is 12.7 Å². The first-order valence-corrected chi connectivity index (χ1v) is 9.24. The van der Waals surface area contributed by atoms with Gasteiger partial charge in [-0.15, -0.1) is 0 Å². The molecule has 3 rings (SSSR count). The van der Waals surface area contributed by atoms with Crippen LogP contribution in [-0.2, 0) is 11.3 Å². The summed E-state index contributed by atoms with van der Waals surface area (Å²) in [5.41, 5.74) is 1.90. The minimum atomic E-state index is -0.421. The molecule has 28 heavy (non-hydrogen) atoms. The summed E-state index contributed by atoms with van der Waals surface area (Å²) in [4.78, 5) is 27.8. The molecule has 1 heterocycles. The van der Waals surface area contributed by atoms with Gasteiger partial charge in [-0.05, 0) is 42.0 Å². The predicted octanol–water partition coefficient (Wildman–Crippen LogP) is 3.62. The minimum Gasteiger partial charge on any atom is -0.465 e. The molecular formula is C20H21ClFN3O3. The van der Waals surface area contributed by atoms with Crippen LogP contribution < -0.4 is 5.32 Å². The third kappa shape index (κ3) is 4.99. The van der Waals surface area contributed by atoms with Crippen molar-refractivity contribution in [2.45, 2.75) is 6.54 Å². The first-order chi connectivity index (χ1) is 13.5. The molecule has 1 N–H and O–H groups in total. The Morgan fingerprint density at radius 3 is 2.39 bits per heavy atom. The van der Waals surface area contributed by atoms with Crippen LogP contribution >= 0.6 is 11.6 Å². The summed E-state index contributed by atoms with van der Waals surface area (Å²) in [6.45, 7) is 3.16. The fourth-order valence-electron chi connectivity index (χ4n) is 3.01. The number of carbonyl (C=O) groups is 2. The number of halogens is 2. The Hall–Kier alpha value is -2.64. The van der Waals surface area contributed by atoms with E-state index in [0.29, 0.717) is 49.0 Å². The van der Waals surface area contributed by atoms with Crippen molar-refractivity contribution in [3.63, 3.8) is 0 Å². The molecular weight excluding hydrogens is 385 g/mol. The molecule has 1 fully saturated rings. The topological polar surface area (TPSA) is 61.9 Å². The van der Waals surface area contributed by atoms with Gasteiger partial charge < -0.3 is 15.0 Å². The summed E-state index contributed by atoms with van der Waals surface area (Å²) in [7, 11) is 1.32. The van der Waals surface area contributed by atoms with E-state index in [9.17, 15) is 14.0 Å². The summed E-state index contributed by atoms with van der Waals surface area (Å²) < 4.78 is 17.8. The third-order valence-corrected chi connectivity index (χ3v) is 4.98. The van der Waals surface area contributed by atoms with Crippen LogP contribution in [0.4, 0.5) is 14.9 Å². The van der Waals surface area contributed by atoms with Crippen molar-refractivity contribution in [1.82, 2.24) is 9.80 Å². The van der Waals surface area contributed by atoms with E-state index in [0.717, 1.165) is 5.56 Å². The Bertz CT molecular complexity index is 852. The molecule has 148 valence electrons. The second kappa shape index (κ2) is 9.03. The molecule has 6 nitrogen and oxygen atoms in total. The number of hydrogen-bond donors (Lipinski definition) is 1. The molecule has 0 spiro atoms. The number of piperazine rings is 1. The lowest BCUT2D eigenvalue weighted by Crippen LogP contribution is -2.49. The molecule has 0 radical (unpaired) electrons. The van der Waals surface area contributed by atoms with Crippen LogP contribution in [0.3, 0.4) is 0 Å². The Labute approximate surface area is 167 Å². The van der Waals surface area contributed by atoms with E-state index >= 15 is 0 Å². The first kappa shape index (κ1) is 20.1. The highest BCUT2D eigenvalue weighted by Gasteiger charge is 2.22. The number of nitrogens with zero attached hydrogens (tertiary/aromatic N) is 2. The zero-order valence-electron chi connectivity index (χ0n) is 15.5. The fourth-order valence-corrected chi connectivity index (χ4v) is 3.24. The maximum atomic E-state index is 13.2. The molecule has 2 aromatic rings. The average molecular weight is 406 g/mol. The molecule has 2 aromatic carbocycles. The van der Waals surface area contributed by atoms with E-state index in [1.165, 1.54) is 19.2 Å². The van der Waals surface area contributed by atoms with Crippen molar-refractivity contribution in [2.75, 3.05) is 38.6 Å². The lowest BCUT2D eigenvalue weighted by Gasteiger charge is -2.34. The van der Waals surface area contributed by atoms with Crippen molar-refractivity contribution < 1.29 is 18.7 Å². The average Bonchev–Trinajstić information content (AvgIpc) is 2.70. The smallest absolute Gasteiger partial charge is 0.337 e. The van der Waals surface area contributed by atoms with Crippen molar-refractivity contribution in [3.8, 4) is 0 Å². The lowest BCUT2D eigenvalue weighted by atomic mass is 10.2. The summed E-state index contributed by atoms with van der Waals surface area (Å²) in [5, 5.41) is 3.24. The van der Waals surface area contributed by atoms with Gasteiger partial charge in [0.25, 0.3) is 0 Å². The van der Waals surface area contributed by atoms with Crippen LogP contribution in [0, 0.1) is 5.82 Å². The Morgan fingerprint density at radius 2 is 1.79 bits per heavy atom. The number of rotatable bonds is 4. The van der Waals surface area contributed by atoms with Gasteiger partial charge in [0.1, 0.15) is 5.82 Å². The van der Waals surface area contributed by atoms with E-state index in [-0.39, 0.29) is 11.8 Å². The summed E-state index contributed by atoms with van der Waals surface area (Å²) in [5.74, 6) is -0.773. The molecule has 0 aliphatic carbocycles. The molecule has 2 amide bonds. The quantitative estimate of drug-likeness (QED) is 0.789. The summed E-state index contributed by atoms with van der Waals surface area (Å²) in [6.07, 6.45) is 0. The number of benzene rings is 2. The van der Waals surface area contributed by atoms with Crippen molar-refractivity contribution in [2.24, 2.45) is 0 Å². The molecule has 1 saturated heterocycles. The Kier molecular flexibility index (Phi) is 6.49. The highest BCUT2D eigenvalue weighted by molar-refractivity contribution is 6.31. The molecule has 0 aromatic heterocycles. The lowest BCUT2D eigenvalue weighted by molar-refractivity contribution is 0.0600.